The van der Waals surface area contributed by atoms with Crippen molar-refractivity contribution in [1.82, 2.24) is 4.90 Å². The van der Waals surface area contributed by atoms with Crippen LogP contribution in [0.25, 0.3) is 0 Å². The van der Waals surface area contributed by atoms with Crippen molar-refractivity contribution in [3.05, 3.63) is 0 Å². The molecule has 0 rings (SSSR count). The van der Waals surface area contributed by atoms with Crippen LogP contribution in [0.4, 0.5) is 4.79 Å². The Balaban J connectivity index is 5.69. The van der Waals surface area contributed by atoms with E-state index < -0.39 is 19.6 Å². The van der Waals surface area contributed by atoms with E-state index in [-0.39, 0.29) is 29.9 Å². The SMILES string of the molecule is CC(C)(C)CC(CCOC(N)=O)N(C(=O)CC[Si](C)(C)C)C(=O)C(C)(C)C. The lowest BCUT2D eigenvalue weighted by Gasteiger charge is -2.38. The molecule has 0 heterocycles. The normalized spacial score (nSPS) is 13.8. The van der Waals surface area contributed by atoms with Gasteiger partial charge in [0.25, 0.3) is 0 Å². The van der Waals surface area contributed by atoms with E-state index in [1.165, 1.54) is 4.90 Å². The van der Waals surface area contributed by atoms with E-state index in [1.54, 1.807) is 0 Å². The second kappa shape index (κ2) is 9.71. The van der Waals surface area contributed by atoms with Gasteiger partial charge in [-0.2, -0.15) is 0 Å². The van der Waals surface area contributed by atoms with Gasteiger partial charge >= 0.3 is 6.09 Å². The van der Waals surface area contributed by atoms with E-state index in [2.05, 4.69) is 40.4 Å². The van der Waals surface area contributed by atoms with Crippen LogP contribution in [-0.2, 0) is 14.3 Å². The van der Waals surface area contributed by atoms with Gasteiger partial charge in [-0.3, -0.25) is 14.5 Å². The van der Waals surface area contributed by atoms with Gasteiger partial charge < -0.3 is 10.5 Å². The third kappa shape index (κ3) is 11.2. The number of imide groups is 1. The summed E-state index contributed by atoms with van der Waals surface area (Å²) in [6.45, 7) is 18.4. The second-order valence-electron chi connectivity index (χ2n) is 10.8. The van der Waals surface area contributed by atoms with E-state index >= 15 is 0 Å². The molecule has 7 heteroatoms. The second-order valence-corrected chi connectivity index (χ2v) is 16.4. The number of hydrogen-bond acceptors (Lipinski definition) is 4. The molecule has 3 amide bonds. The zero-order chi connectivity index (χ0) is 21.6. The molecule has 2 N–H and O–H groups in total. The maximum atomic E-state index is 13.1. The van der Waals surface area contributed by atoms with Crippen LogP contribution in [0.15, 0.2) is 0 Å². The Morgan fingerprint density at radius 2 is 1.56 bits per heavy atom. The Morgan fingerprint density at radius 1 is 1.04 bits per heavy atom. The Kier molecular flexibility index (Phi) is 9.22. The van der Waals surface area contributed by atoms with Gasteiger partial charge in [-0.05, 0) is 17.9 Å². The number of nitrogens with zero attached hydrogens (tertiary/aromatic N) is 1. The minimum atomic E-state index is -1.41. The van der Waals surface area contributed by atoms with Crippen molar-refractivity contribution < 1.29 is 19.1 Å². The molecular weight excluding hydrogens is 360 g/mol. The molecule has 6 nitrogen and oxygen atoms in total. The third-order valence-electron chi connectivity index (χ3n) is 4.13. The topological polar surface area (TPSA) is 89.7 Å². The number of amides is 3. The first-order valence-electron chi connectivity index (χ1n) is 9.73. The molecule has 1 atom stereocenters. The van der Waals surface area contributed by atoms with Gasteiger partial charge in [0.2, 0.25) is 11.8 Å². The summed E-state index contributed by atoms with van der Waals surface area (Å²) in [5.74, 6) is -0.318. The van der Waals surface area contributed by atoms with Crippen LogP contribution in [-0.4, -0.2) is 43.5 Å². The summed E-state index contributed by atoms with van der Waals surface area (Å²) in [6.07, 6.45) is 0.550. The highest BCUT2D eigenvalue weighted by molar-refractivity contribution is 6.76. The minimum absolute atomic E-state index is 0.0886. The van der Waals surface area contributed by atoms with E-state index in [0.717, 1.165) is 6.04 Å². The van der Waals surface area contributed by atoms with Crippen LogP contribution in [0.1, 0.15) is 60.8 Å². The van der Waals surface area contributed by atoms with Crippen LogP contribution in [0.2, 0.25) is 25.7 Å². The predicted octanol–water partition coefficient (Wildman–Crippen LogP) is 4.41. The minimum Gasteiger partial charge on any atom is -0.450 e. The summed E-state index contributed by atoms with van der Waals surface area (Å²) < 4.78 is 4.89. The molecule has 0 spiro atoms. The summed E-state index contributed by atoms with van der Waals surface area (Å²) in [4.78, 5) is 38.6. The van der Waals surface area contributed by atoms with Gasteiger partial charge in [0.1, 0.15) is 0 Å². The third-order valence-corrected chi connectivity index (χ3v) is 5.88. The molecule has 0 aliphatic rings. The van der Waals surface area contributed by atoms with Crippen molar-refractivity contribution in [2.45, 2.75) is 92.5 Å². The highest BCUT2D eigenvalue weighted by Gasteiger charge is 2.38. The Hall–Kier alpha value is -1.37. The summed E-state index contributed by atoms with van der Waals surface area (Å²) in [7, 11) is -1.41. The fourth-order valence-electron chi connectivity index (χ4n) is 2.77. The quantitative estimate of drug-likeness (QED) is 0.611. The van der Waals surface area contributed by atoms with Gasteiger partial charge in [-0.25, -0.2) is 4.79 Å². The van der Waals surface area contributed by atoms with Crippen molar-refractivity contribution >= 4 is 26.0 Å². The van der Waals surface area contributed by atoms with Crippen LogP contribution in [0.3, 0.4) is 0 Å². The highest BCUT2D eigenvalue weighted by atomic mass is 28.3. The van der Waals surface area contributed by atoms with Gasteiger partial charge in [0, 0.05) is 32.4 Å². The van der Waals surface area contributed by atoms with E-state index in [9.17, 15) is 14.4 Å². The van der Waals surface area contributed by atoms with Crippen molar-refractivity contribution in [3.8, 4) is 0 Å². The number of ether oxygens (including phenoxy) is 1. The molecule has 0 radical (unpaired) electrons. The van der Waals surface area contributed by atoms with E-state index in [4.69, 9.17) is 10.5 Å². The molecule has 0 aromatic heterocycles. The van der Waals surface area contributed by atoms with E-state index in [0.29, 0.717) is 19.3 Å². The number of primary amides is 1. The maximum absolute atomic E-state index is 13.1. The first-order valence-corrected chi connectivity index (χ1v) is 13.4. The van der Waals surface area contributed by atoms with Crippen LogP contribution >= 0.6 is 0 Å². The first-order chi connectivity index (χ1) is 11.9. The summed E-state index contributed by atoms with van der Waals surface area (Å²) in [6, 6.07) is 0.505. The fourth-order valence-corrected chi connectivity index (χ4v) is 3.74. The van der Waals surface area contributed by atoms with Crippen LogP contribution in [0.5, 0.6) is 0 Å². The molecule has 27 heavy (non-hydrogen) atoms. The number of carbonyl (C=O) groups excluding carboxylic acids is 3. The Labute approximate surface area is 166 Å². The Bertz CT molecular complexity index is 528. The average Bonchev–Trinajstić information content (AvgIpc) is 2.41. The zero-order valence-electron chi connectivity index (χ0n) is 18.8. The average molecular weight is 401 g/mol. The number of carbonyl (C=O) groups is 3. The Morgan fingerprint density at radius 3 is 1.93 bits per heavy atom. The van der Waals surface area contributed by atoms with Crippen LogP contribution in [0, 0.1) is 10.8 Å². The molecule has 0 saturated heterocycles. The molecule has 0 fully saturated rings. The fraction of sp³-hybridized carbons (Fsp3) is 0.850. The molecule has 0 aliphatic carbocycles. The highest BCUT2D eigenvalue weighted by Crippen LogP contribution is 2.30. The van der Waals surface area contributed by atoms with Gasteiger partial charge in [-0.1, -0.05) is 61.2 Å². The van der Waals surface area contributed by atoms with Crippen molar-refractivity contribution in [2.75, 3.05) is 6.61 Å². The van der Waals surface area contributed by atoms with Crippen molar-refractivity contribution in [1.29, 1.82) is 0 Å². The molecule has 0 saturated carbocycles. The molecular formula is C20H40N2O4Si. The molecule has 1 unspecified atom stereocenters. The largest absolute Gasteiger partial charge is 0.450 e. The van der Waals surface area contributed by atoms with Gasteiger partial charge in [0.05, 0.1) is 6.61 Å². The lowest BCUT2D eigenvalue weighted by Crippen LogP contribution is -2.51. The van der Waals surface area contributed by atoms with Crippen molar-refractivity contribution in [3.63, 3.8) is 0 Å². The van der Waals surface area contributed by atoms with Gasteiger partial charge in [-0.15, -0.1) is 0 Å². The maximum Gasteiger partial charge on any atom is 0.404 e. The van der Waals surface area contributed by atoms with Crippen molar-refractivity contribution in [2.24, 2.45) is 16.6 Å². The van der Waals surface area contributed by atoms with Crippen LogP contribution < -0.4 is 5.73 Å². The number of nitrogens with two attached hydrogens (primary N) is 1. The standard InChI is InChI=1S/C20H40N2O4Si/c1-19(2,3)14-15(10-12-26-18(21)25)22(17(24)20(4,5)6)16(23)11-13-27(7,8)9/h15H,10-14H2,1-9H3,(H2,21,25). The van der Waals surface area contributed by atoms with E-state index in [1.807, 2.05) is 20.8 Å². The molecule has 0 aromatic rings. The lowest BCUT2D eigenvalue weighted by atomic mass is 9.85. The molecule has 158 valence electrons. The molecule has 0 aromatic carbocycles. The smallest absolute Gasteiger partial charge is 0.404 e. The summed E-state index contributed by atoms with van der Waals surface area (Å²) in [5.41, 5.74) is 4.30. The van der Waals surface area contributed by atoms with Gasteiger partial charge in [0.15, 0.2) is 0 Å². The first kappa shape index (κ1) is 25.6. The zero-order valence-corrected chi connectivity index (χ0v) is 19.8. The number of rotatable bonds is 8. The molecule has 0 bridgehead atoms. The predicted molar refractivity (Wildman–Crippen MR) is 112 cm³/mol. The lowest BCUT2D eigenvalue weighted by molar-refractivity contribution is -0.154. The molecule has 0 aliphatic heterocycles. The summed E-state index contributed by atoms with van der Waals surface area (Å²) >= 11 is 0. The monoisotopic (exact) mass is 400 g/mol. The number of hydrogen-bond donors (Lipinski definition) is 1. The summed E-state index contributed by atoms with van der Waals surface area (Å²) in [5, 5.41) is 0.